The molecule has 0 unspecified atom stereocenters. The molecule has 0 aliphatic heterocycles. The number of esters is 4. The van der Waals surface area contributed by atoms with Crippen LogP contribution in [0.1, 0.15) is 31.1 Å². The number of carbonyl (C=O) groups excluding carboxylic acids is 4. The van der Waals surface area contributed by atoms with Crippen LogP contribution in [0.15, 0.2) is 12.1 Å². The van der Waals surface area contributed by atoms with Crippen molar-refractivity contribution in [1.82, 2.24) is 0 Å². The van der Waals surface area contributed by atoms with E-state index in [9.17, 15) is 19.2 Å². The maximum Gasteiger partial charge on any atom is 0.345 e. The summed E-state index contributed by atoms with van der Waals surface area (Å²) >= 11 is 0. The molecule has 0 spiro atoms. The molecule has 0 saturated carbocycles. The Labute approximate surface area is 125 Å². The highest BCUT2D eigenvalue weighted by Gasteiger charge is 2.24. The molecular weight excluding hydrogens is 296 g/mol. The third kappa shape index (κ3) is 4.58. The quantitative estimate of drug-likeness (QED) is 0.607. The number of hydrogen-bond donors (Lipinski definition) is 0. The number of ether oxygens (including phenoxy) is 4. The van der Waals surface area contributed by atoms with Gasteiger partial charge < -0.3 is 18.9 Å². The molecular formula is C14H13O8. The third-order valence-corrected chi connectivity index (χ3v) is 2.14. The standard InChI is InChI=1S/C14H13O8/c1-7(15)20-10-5-11(21-8(2)16)13(14(18)19-4)12(6-10)22-9(3)17/h5-6H,4H2,1-3H3. The molecule has 0 aromatic heterocycles. The number of benzene rings is 1. The first-order valence-corrected chi connectivity index (χ1v) is 5.94. The number of hydrogen-bond acceptors (Lipinski definition) is 8. The monoisotopic (exact) mass is 309 g/mol. The lowest BCUT2D eigenvalue weighted by atomic mass is 10.1. The first-order valence-electron chi connectivity index (χ1n) is 5.94. The summed E-state index contributed by atoms with van der Waals surface area (Å²) in [5.74, 6) is -3.82. The van der Waals surface area contributed by atoms with Crippen LogP contribution in [0.2, 0.25) is 0 Å². The lowest BCUT2D eigenvalue weighted by molar-refractivity contribution is -0.132. The van der Waals surface area contributed by atoms with Crippen LogP contribution >= 0.6 is 0 Å². The van der Waals surface area contributed by atoms with Crippen molar-refractivity contribution in [1.29, 1.82) is 0 Å². The average molecular weight is 309 g/mol. The van der Waals surface area contributed by atoms with E-state index in [1.165, 1.54) is 0 Å². The molecule has 1 radical (unpaired) electrons. The van der Waals surface area contributed by atoms with E-state index in [0.717, 1.165) is 32.9 Å². The van der Waals surface area contributed by atoms with Crippen LogP contribution in [0, 0.1) is 7.11 Å². The molecule has 0 fully saturated rings. The van der Waals surface area contributed by atoms with Gasteiger partial charge in [-0.15, -0.1) is 0 Å². The molecule has 117 valence electrons. The third-order valence-electron chi connectivity index (χ3n) is 2.14. The number of carbonyl (C=O) groups is 4. The van der Waals surface area contributed by atoms with Crippen LogP contribution < -0.4 is 14.2 Å². The molecule has 8 nitrogen and oxygen atoms in total. The second kappa shape index (κ2) is 7.21. The summed E-state index contributed by atoms with van der Waals surface area (Å²) in [5.41, 5.74) is -0.337. The van der Waals surface area contributed by atoms with Gasteiger partial charge in [-0.25, -0.2) is 4.79 Å². The predicted molar refractivity (Wildman–Crippen MR) is 71.1 cm³/mol. The van der Waals surface area contributed by atoms with Crippen LogP contribution in [-0.2, 0) is 19.1 Å². The van der Waals surface area contributed by atoms with Gasteiger partial charge in [-0.1, -0.05) is 0 Å². The van der Waals surface area contributed by atoms with Gasteiger partial charge in [0.2, 0.25) is 0 Å². The summed E-state index contributed by atoms with van der Waals surface area (Å²) in [7, 11) is 2.96. The van der Waals surface area contributed by atoms with E-state index >= 15 is 0 Å². The minimum Gasteiger partial charge on any atom is -0.458 e. The van der Waals surface area contributed by atoms with Gasteiger partial charge in [0.25, 0.3) is 0 Å². The molecule has 1 aromatic rings. The Morgan fingerprint density at radius 3 is 1.55 bits per heavy atom. The SMILES string of the molecule is [CH2]OC(=O)c1c(OC(C)=O)cc(OC(C)=O)cc1OC(C)=O. The van der Waals surface area contributed by atoms with E-state index in [1.807, 2.05) is 0 Å². The summed E-state index contributed by atoms with van der Waals surface area (Å²) in [4.78, 5) is 45.1. The van der Waals surface area contributed by atoms with Crippen molar-refractivity contribution in [3.05, 3.63) is 24.8 Å². The summed E-state index contributed by atoms with van der Waals surface area (Å²) in [5, 5.41) is 0. The van der Waals surface area contributed by atoms with Crippen molar-refractivity contribution in [2.45, 2.75) is 20.8 Å². The lowest BCUT2D eigenvalue weighted by Crippen LogP contribution is -2.13. The van der Waals surface area contributed by atoms with Crippen molar-refractivity contribution >= 4 is 23.9 Å². The minimum atomic E-state index is -0.998. The molecule has 0 bridgehead atoms. The van der Waals surface area contributed by atoms with E-state index in [2.05, 4.69) is 11.8 Å². The molecule has 0 saturated heterocycles. The Kier molecular flexibility index (Phi) is 5.62. The van der Waals surface area contributed by atoms with Gasteiger partial charge in [-0.05, 0) is 0 Å². The Morgan fingerprint density at radius 2 is 1.23 bits per heavy atom. The maximum absolute atomic E-state index is 11.8. The van der Waals surface area contributed by atoms with Crippen molar-refractivity contribution in [3.63, 3.8) is 0 Å². The molecule has 22 heavy (non-hydrogen) atoms. The summed E-state index contributed by atoms with van der Waals surface area (Å²) in [6.45, 7) is 3.35. The largest absolute Gasteiger partial charge is 0.458 e. The molecule has 0 N–H and O–H groups in total. The molecule has 0 atom stereocenters. The fourth-order valence-electron chi connectivity index (χ4n) is 1.53. The van der Waals surface area contributed by atoms with Crippen LogP contribution in [-0.4, -0.2) is 23.9 Å². The topological polar surface area (TPSA) is 105 Å². The summed E-state index contributed by atoms with van der Waals surface area (Å²) in [6.07, 6.45) is 0. The average Bonchev–Trinajstić information content (AvgIpc) is 2.35. The van der Waals surface area contributed by atoms with Gasteiger partial charge in [0.05, 0.1) is 0 Å². The van der Waals surface area contributed by atoms with Crippen LogP contribution in [0.5, 0.6) is 17.2 Å². The zero-order chi connectivity index (χ0) is 16.9. The highest BCUT2D eigenvalue weighted by molar-refractivity contribution is 5.98. The predicted octanol–water partition coefficient (Wildman–Crippen LogP) is 1.41. The van der Waals surface area contributed by atoms with Crippen molar-refractivity contribution < 1.29 is 38.1 Å². The van der Waals surface area contributed by atoms with E-state index < -0.39 is 23.9 Å². The normalized spacial score (nSPS) is 9.64. The zero-order valence-electron chi connectivity index (χ0n) is 12.1. The molecule has 1 aromatic carbocycles. The van der Waals surface area contributed by atoms with E-state index in [1.54, 1.807) is 0 Å². The van der Waals surface area contributed by atoms with Gasteiger partial charge in [0, 0.05) is 32.9 Å². The van der Waals surface area contributed by atoms with E-state index in [4.69, 9.17) is 14.2 Å². The van der Waals surface area contributed by atoms with E-state index in [0.29, 0.717) is 0 Å². The molecule has 0 aliphatic rings. The van der Waals surface area contributed by atoms with Gasteiger partial charge in [0.15, 0.2) is 11.5 Å². The van der Waals surface area contributed by atoms with Crippen molar-refractivity contribution in [2.24, 2.45) is 0 Å². The second-order valence-electron chi connectivity index (χ2n) is 4.01. The Balaban J connectivity index is 3.51. The number of rotatable bonds is 4. The van der Waals surface area contributed by atoms with E-state index in [-0.39, 0.29) is 22.8 Å². The Hall–Kier alpha value is -2.90. The van der Waals surface area contributed by atoms with Crippen molar-refractivity contribution in [3.8, 4) is 17.2 Å². The van der Waals surface area contributed by atoms with Crippen molar-refractivity contribution in [2.75, 3.05) is 0 Å². The first kappa shape index (κ1) is 17.2. The fourth-order valence-corrected chi connectivity index (χ4v) is 1.53. The highest BCUT2D eigenvalue weighted by atomic mass is 16.6. The van der Waals surface area contributed by atoms with Gasteiger partial charge in [-0.2, -0.15) is 0 Å². The summed E-state index contributed by atoms with van der Waals surface area (Å²) in [6, 6.07) is 2.23. The molecule has 0 amide bonds. The van der Waals surface area contributed by atoms with Gasteiger partial charge in [0.1, 0.15) is 18.4 Å². The maximum atomic E-state index is 11.8. The van der Waals surface area contributed by atoms with Crippen LogP contribution in [0.4, 0.5) is 0 Å². The Bertz CT molecular complexity index is 595. The summed E-state index contributed by atoms with van der Waals surface area (Å²) < 4.78 is 18.9. The van der Waals surface area contributed by atoms with Gasteiger partial charge in [-0.3, -0.25) is 14.4 Å². The zero-order valence-corrected chi connectivity index (χ0v) is 12.1. The molecule has 0 heterocycles. The van der Waals surface area contributed by atoms with Gasteiger partial charge >= 0.3 is 23.9 Å². The fraction of sp³-hybridized carbons (Fsp3) is 0.214. The molecule has 8 heteroatoms. The molecule has 1 rings (SSSR count). The van der Waals surface area contributed by atoms with Crippen LogP contribution in [0.3, 0.4) is 0 Å². The first-order chi connectivity index (χ1) is 10.2. The second-order valence-corrected chi connectivity index (χ2v) is 4.01. The van der Waals surface area contributed by atoms with Crippen LogP contribution in [0.25, 0.3) is 0 Å². The lowest BCUT2D eigenvalue weighted by Gasteiger charge is -2.13. The molecule has 0 aliphatic carbocycles. The highest BCUT2D eigenvalue weighted by Crippen LogP contribution is 2.35. The minimum absolute atomic E-state index is 0.0828. The Morgan fingerprint density at radius 1 is 0.818 bits per heavy atom. The smallest absolute Gasteiger partial charge is 0.345 e.